The second-order valence-corrected chi connectivity index (χ2v) is 4.14. The van der Waals surface area contributed by atoms with Gasteiger partial charge in [-0.25, -0.2) is 4.39 Å². The minimum absolute atomic E-state index is 0.0284. The van der Waals surface area contributed by atoms with E-state index in [1.165, 1.54) is 14.0 Å². The third-order valence-corrected chi connectivity index (χ3v) is 3.53. The Balaban J connectivity index is 3.70. The molecule has 15 heavy (non-hydrogen) atoms. The van der Waals surface area contributed by atoms with Crippen molar-refractivity contribution in [3.05, 3.63) is 27.0 Å². The molecule has 0 N–H and O–H groups in total. The molecule has 0 aliphatic heterocycles. The lowest BCUT2D eigenvalue weighted by molar-refractivity contribution is 0.101. The zero-order valence-corrected chi connectivity index (χ0v) is 10.7. The fourth-order valence-electron chi connectivity index (χ4n) is 1.55. The minimum atomic E-state index is -0.486. The molecule has 1 aromatic rings. The molecule has 0 radical (unpaired) electrons. The van der Waals surface area contributed by atoms with Crippen molar-refractivity contribution in [1.29, 1.82) is 0 Å². The van der Waals surface area contributed by atoms with Crippen LogP contribution in [0, 0.1) is 19.7 Å². The third-order valence-electron chi connectivity index (χ3n) is 2.35. The molecule has 0 saturated carbocycles. The SMILES string of the molecule is COc1c(F)c(C)c(Br)c(C)c1C(C)=O. The number of hydrogen-bond donors (Lipinski definition) is 0. The van der Waals surface area contributed by atoms with Gasteiger partial charge in [-0.1, -0.05) is 15.9 Å². The van der Waals surface area contributed by atoms with Gasteiger partial charge in [0.05, 0.1) is 12.7 Å². The van der Waals surface area contributed by atoms with E-state index >= 15 is 0 Å². The van der Waals surface area contributed by atoms with Crippen molar-refractivity contribution in [2.75, 3.05) is 7.11 Å². The summed E-state index contributed by atoms with van der Waals surface area (Å²) in [4.78, 5) is 11.4. The fourth-order valence-corrected chi connectivity index (χ4v) is 1.93. The highest BCUT2D eigenvalue weighted by Gasteiger charge is 2.21. The van der Waals surface area contributed by atoms with Gasteiger partial charge in [-0.15, -0.1) is 0 Å². The second-order valence-electron chi connectivity index (χ2n) is 3.34. The molecular weight excluding hydrogens is 263 g/mol. The molecule has 0 atom stereocenters. The van der Waals surface area contributed by atoms with Gasteiger partial charge in [0.15, 0.2) is 17.3 Å². The Morgan fingerprint density at radius 2 is 1.87 bits per heavy atom. The van der Waals surface area contributed by atoms with Crippen LogP contribution in [0.15, 0.2) is 4.47 Å². The number of ether oxygens (including phenoxy) is 1. The summed E-state index contributed by atoms with van der Waals surface area (Å²) < 4.78 is 19.3. The molecule has 1 rings (SSSR count). The van der Waals surface area contributed by atoms with Gasteiger partial charge in [0.1, 0.15) is 0 Å². The highest BCUT2D eigenvalue weighted by molar-refractivity contribution is 9.10. The molecule has 0 spiro atoms. The Kier molecular flexibility index (Phi) is 3.50. The van der Waals surface area contributed by atoms with E-state index in [-0.39, 0.29) is 11.5 Å². The van der Waals surface area contributed by atoms with Crippen LogP contribution in [-0.2, 0) is 0 Å². The summed E-state index contributed by atoms with van der Waals surface area (Å²) >= 11 is 3.26. The van der Waals surface area contributed by atoms with Crippen LogP contribution >= 0.6 is 15.9 Å². The molecule has 1 aromatic carbocycles. The van der Waals surface area contributed by atoms with Crippen LogP contribution in [0.2, 0.25) is 0 Å². The minimum Gasteiger partial charge on any atom is -0.493 e. The number of rotatable bonds is 2. The first-order chi connectivity index (χ1) is 6.91. The van der Waals surface area contributed by atoms with E-state index in [4.69, 9.17) is 4.74 Å². The first-order valence-electron chi connectivity index (χ1n) is 4.44. The average molecular weight is 275 g/mol. The maximum atomic E-state index is 13.8. The van der Waals surface area contributed by atoms with Crippen LogP contribution in [0.4, 0.5) is 4.39 Å². The van der Waals surface area contributed by atoms with E-state index < -0.39 is 5.82 Å². The Morgan fingerprint density at radius 3 is 2.27 bits per heavy atom. The lowest BCUT2D eigenvalue weighted by atomic mass is 10.0. The summed E-state index contributed by atoms with van der Waals surface area (Å²) in [5, 5.41) is 0. The predicted octanol–water partition coefficient (Wildman–Crippen LogP) is 3.42. The van der Waals surface area contributed by atoms with Gasteiger partial charge in [0, 0.05) is 10.0 Å². The maximum absolute atomic E-state index is 13.8. The van der Waals surface area contributed by atoms with Crippen LogP contribution in [0.25, 0.3) is 0 Å². The lowest BCUT2D eigenvalue weighted by Crippen LogP contribution is -2.06. The average Bonchev–Trinajstić information content (AvgIpc) is 2.19. The third kappa shape index (κ3) is 1.91. The largest absolute Gasteiger partial charge is 0.493 e. The van der Waals surface area contributed by atoms with Gasteiger partial charge in [-0.2, -0.15) is 0 Å². The van der Waals surface area contributed by atoms with Gasteiger partial charge >= 0.3 is 0 Å². The van der Waals surface area contributed by atoms with Gasteiger partial charge < -0.3 is 4.74 Å². The lowest BCUT2D eigenvalue weighted by Gasteiger charge is -2.14. The molecule has 0 fully saturated rings. The van der Waals surface area contributed by atoms with E-state index in [0.29, 0.717) is 21.2 Å². The summed E-state index contributed by atoms with van der Waals surface area (Å²) in [6.07, 6.45) is 0. The van der Waals surface area contributed by atoms with Crippen molar-refractivity contribution in [3.63, 3.8) is 0 Å². The number of Topliss-reactive ketones (excluding diaryl/α,β-unsaturated/α-hetero) is 1. The molecule has 0 unspecified atom stereocenters. The topological polar surface area (TPSA) is 26.3 Å². The number of carbonyl (C=O) groups excluding carboxylic acids is 1. The predicted molar refractivity (Wildman–Crippen MR) is 60.1 cm³/mol. The van der Waals surface area contributed by atoms with E-state index in [0.717, 1.165) is 0 Å². The molecule has 0 heterocycles. The summed E-state index contributed by atoms with van der Waals surface area (Å²) in [6, 6.07) is 0. The molecule has 0 saturated heterocycles. The first-order valence-corrected chi connectivity index (χ1v) is 5.24. The summed E-state index contributed by atoms with van der Waals surface area (Å²) in [6.45, 7) is 4.79. The van der Waals surface area contributed by atoms with Crippen molar-refractivity contribution >= 4 is 21.7 Å². The Bertz CT molecular complexity index is 427. The van der Waals surface area contributed by atoms with E-state index in [1.807, 2.05) is 0 Å². The zero-order valence-electron chi connectivity index (χ0n) is 9.07. The van der Waals surface area contributed by atoms with E-state index in [9.17, 15) is 9.18 Å². The summed E-state index contributed by atoms with van der Waals surface area (Å²) in [5.41, 5.74) is 1.46. The molecule has 0 aliphatic rings. The highest BCUT2D eigenvalue weighted by atomic mass is 79.9. The standard InChI is InChI=1S/C11H12BrFO2/c1-5-8(7(3)14)11(15-4)10(13)6(2)9(5)12/h1-4H3. The number of carbonyl (C=O) groups is 1. The second kappa shape index (κ2) is 4.31. The number of benzene rings is 1. The van der Waals surface area contributed by atoms with Crippen LogP contribution in [0.1, 0.15) is 28.4 Å². The van der Waals surface area contributed by atoms with Crippen molar-refractivity contribution in [3.8, 4) is 5.75 Å². The first kappa shape index (κ1) is 12.2. The van der Waals surface area contributed by atoms with Crippen LogP contribution < -0.4 is 4.74 Å². The molecule has 0 aromatic heterocycles. The van der Waals surface area contributed by atoms with Gasteiger partial charge in [0.25, 0.3) is 0 Å². The van der Waals surface area contributed by atoms with E-state index in [1.54, 1.807) is 13.8 Å². The van der Waals surface area contributed by atoms with Gasteiger partial charge in [0.2, 0.25) is 0 Å². The number of ketones is 1. The van der Waals surface area contributed by atoms with Gasteiger partial charge in [-0.05, 0) is 26.3 Å². The Morgan fingerprint density at radius 1 is 1.33 bits per heavy atom. The highest BCUT2D eigenvalue weighted by Crippen LogP contribution is 2.35. The Hall–Kier alpha value is -0.900. The number of hydrogen-bond acceptors (Lipinski definition) is 2. The quantitative estimate of drug-likeness (QED) is 0.773. The van der Waals surface area contributed by atoms with Crippen molar-refractivity contribution < 1.29 is 13.9 Å². The summed E-state index contributed by atoms with van der Waals surface area (Å²) in [5.74, 6) is -0.662. The van der Waals surface area contributed by atoms with Crippen molar-refractivity contribution in [2.45, 2.75) is 20.8 Å². The smallest absolute Gasteiger partial charge is 0.169 e. The van der Waals surface area contributed by atoms with Crippen molar-refractivity contribution in [1.82, 2.24) is 0 Å². The van der Waals surface area contributed by atoms with Crippen LogP contribution in [-0.4, -0.2) is 12.9 Å². The molecule has 82 valence electrons. The summed E-state index contributed by atoms with van der Waals surface area (Å²) in [7, 11) is 1.36. The normalized spacial score (nSPS) is 10.3. The molecule has 0 aliphatic carbocycles. The number of methoxy groups -OCH3 is 1. The zero-order chi connectivity index (χ0) is 11.7. The fraction of sp³-hybridized carbons (Fsp3) is 0.364. The maximum Gasteiger partial charge on any atom is 0.169 e. The molecule has 2 nitrogen and oxygen atoms in total. The van der Waals surface area contributed by atoms with Gasteiger partial charge in [-0.3, -0.25) is 4.79 Å². The van der Waals surface area contributed by atoms with Crippen LogP contribution in [0.5, 0.6) is 5.75 Å². The molecule has 0 bridgehead atoms. The monoisotopic (exact) mass is 274 g/mol. The Labute approximate surface area is 96.6 Å². The van der Waals surface area contributed by atoms with Crippen LogP contribution in [0.3, 0.4) is 0 Å². The van der Waals surface area contributed by atoms with Crippen molar-refractivity contribution in [2.24, 2.45) is 0 Å². The van der Waals surface area contributed by atoms with E-state index in [2.05, 4.69) is 15.9 Å². The number of halogens is 2. The molecule has 4 heteroatoms. The molecular formula is C11H12BrFO2. The molecule has 0 amide bonds.